The van der Waals surface area contributed by atoms with E-state index < -0.39 is 0 Å². The maximum absolute atomic E-state index is 5.82. The first-order valence-electron chi connectivity index (χ1n) is 4.20. The van der Waals surface area contributed by atoms with Crippen molar-refractivity contribution in [1.29, 1.82) is 0 Å². The van der Waals surface area contributed by atoms with E-state index in [1.165, 1.54) is 19.4 Å². The number of piperidine rings is 1. The minimum atomic E-state index is 0.427. The average Bonchev–Trinajstić information content (AvgIpc) is 1.88. The van der Waals surface area contributed by atoms with Gasteiger partial charge in [0.2, 0.25) is 0 Å². The maximum Gasteiger partial charge on any atom is 0.0168 e. The van der Waals surface area contributed by atoms with Gasteiger partial charge in [-0.2, -0.15) is 0 Å². The molecule has 0 saturated carbocycles. The molecular formula is C8H18N2. The Morgan fingerprint density at radius 1 is 1.50 bits per heavy atom. The standard InChI is InChI=1S/C8H18N2/c1-7(2)10-5-3-4-8(9)6-10/h7-8H,3-6,9H2,1-2H3. The molecule has 0 aromatic heterocycles. The lowest BCUT2D eigenvalue weighted by molar-refractivity contribution is 0.169. The summed E-state index contributed by atoms with van der Waals surface area (Å²) in [6.45, 7) is 6.80. The van der Waals surface area contributed by atoms with Crippen molar-refractivity contribution in [3.8, 4) is 0 Å². The molecule has 2 N–H and O–H groups in total. The maximum atomic E-state index is 5.82. The van der Waals surface area contributed by atoms with Crippen LogP contribution in [0.4, 0.5) is 0 Å². The molecule has 2 heteroatoms. The summed E-state index contributed by atoms with van der Waals surface area (Å²) in [5.74, 6) is 0. The predicted octanol–water partition coefficient (Wildman–Crippen LogP) is 0.818. The second-order valence-electron chi connectivity index (χ2n) is 3.49. The van der Waals surface area contributed by atoms with Crippen LogP contribution in [-0.2, 0) is 0 Å². The Morgan fingerprint density at radius 2 is 2.20 bits per heavy atom. The molecule has 0 radical (unpaired) electrons. The molecular weight excluding hydrogens is 124 g/mol. The number of nitrogens with zero attached hydrogens (tertiary/aromatic N) is 1. The first-order chi connectivity index (χ1) is 4.70. The van der Waals surface area contributed by atoms with Crippen molar-refractivity contribution in [2.45, 2.75) is 38.8 Å². The van der Waals surface area contributed by atoms with Gasteiger partial charge in [0.05, 0.1) is 0 Å². The van der Waals surface area contributed by atoms with Gasteiger partial charge in [-0.15, -0.1) is 0 Å². The second-order valence-corrected chi connectivity index (χ2v) is 3.49. The number of rotatable bonds is 1. The molecule has 0 aromatic carbocycles. The molecule has 0 amide bonds. The summed E-state index contributed by atoms with van der Waals surface area (Å²) in [6, 6.07) is 1.10. The molecule has 1 rings (SSSR count). The van der Waals surface area contributed by atoms with Crippen LogP contribution in [0.15, 0.2) is 0 Å². The lowest BCUT2D eigenvalue weighted by atomic mass is 10.1. The van der Waals surface area contributed by atoms with Crippen LogP contribution in [0.1, 0.15) is 26.7 Å². The van der Waals surface area contributed by atoms with Crippen molar-refractivity contribution in [1.82, 2.24) is 4.90 Å². The molecule has 60 valence electrons. The predicted molar refractivity (Wildman–Crippen MR) is 43.9 cm³/mol. The molecule has 1 aliphatic heterocycles. The summed E-state index contributed by atoms with van der Waals surface area (Å²) in [5, 5.41) is 0. The van der Waals surface area contributed by atoms with Crippen LogP contribution < -0.4 is 5.73 Å². The molecule has 0 aromatic rings. The number of hydrogen-bond acceptors (Lipinski definition) is 2. The van der Waals surface area contributed by atoms with Crippen LogP contribution in [0.3, 0.4) is 0 Å². The van der Waals surface area contributed by atoms with Crippen molar-refractivity contribution in [2.24, 2.45) is 5.73 Å². The van der Waals surface area contributed by atoms with E-state index in [-0.39, 0.29) is 0 Å². The van der Waals surface area contributed by atoms with Crippen molar-refractivity contribution < 1.29 is 0 Å². The van der Waals surface area contributed by atoms with Crippen molar-refractivity contribution in [3.63, 3.8) is 0 Å². The summed E-state index contributed by atoms with van der Waals surface area (Å²) < 4.78 is 0. The Hall–Kier alpha value is -0.0800. The fraction of sp³-hybridized carbons (Fsp3) is 1.00. The molecule has 0 aliphatic carbocycles. The van der Waals surface area contributed by atoms with Crippen LogP contribution in [0, 0.1) is 0 Å². The Kier molecular flexibility index (Phi) is 2.69. The van der Waals surface area contributed by atoms with Gasteiger partial charge in [-0.05, 0) is 33.2 Å². The zero-order chi connectivity index (χ0) is 7.56. The summed E-state index contributed by atoms with van der Waals surface area (Å²) in [5.41, 5.74) is 5.82. The van der Waals surface area contributed by atoms with E-state index in [2.05, 4.69) is 18.7 Å². The molecule has 1 aliphatic rings. The third-order valence-electron chi connectivity index (χ3n) is 2.22. The zero-order valence-corrected chi connectivity index (χ0v) is 7.01. The molecule has 0 spiro atoms. The average molecular weight is 142 g/mol. The molecule has 1 heterocycles. The fourth-order valence-electron chi connectivity index (χ4n) is 1.51. The van der Waals surface area contributed by atoms with Gasteiger partial charge < -0.3 is 5.73 Å². The quantitative estimate of drug-likeness (QED) is 0.587. The molecule has 0 bridgehead atoms. The largest absolute Gasteiger partial charge is 0.327 e. The first kappa shape index (κ1) is 8.02. The molecule has 2 nitrogen and oxygen atoms in total. The van der Waals surface area contributed by atoms with E-state index in [1.807, 2.05) is 0 Å². The summed E-state index contributed by atoms with van der Waals surface area (Å²) in [4.78, 5) is 2.45. The Bertz CT molecular complexity index is 101. The summed E-state index contributed by atoms with van der Waals surface area (Å²) >= 11 is 0. The normalized spacial score (nSPS) is 29.4. The molecule has 1 unspecified atom stereocenters. The van der Waals surface area contributed by atoms with E-state index in [0.29, 0.717) is 12.1 Å². The van der Waals surface area contributed by atoms with Crippen LogP contribution in [-0.4, -0.2) is 30.1 Å². The van der Waals surface area contributed by atoms with Crippen LogP contribution in [0.2, 0.25) is 0 Å². The smallest absolute Gasteiger partial charge is 0.0168 e. The van der Waals surface area contributed by atoms with Gasteiger partial charge in [0.25, 0.3) is 0 Å². The van der Waals surface area contributed by atoms with Gasteiger partial charge in [0.1, 0.15) is 0 Å². The van der Waals surface area contributed by atoms with Gasteiger partial charge in [-0.3, -0.25) is 4.90 Å². The fourth-order valence-corrected chi connectivity index (χ4v) is 1.51. The Balaban J connectivity index is 2.32. The van der Waals surface area contributed by atoms with Crippen LogP contribution in [0.25, 0.3) is 0 Å². The molecule has 1 atom stereocenters. The van der Waals surface area contributed by atoms with Crippen molar-refractivity contribution >= 4 is 0 Å². The van der Waals surface area contributed by atoms with E-state index in [0.717, 1.165) is 6.54 Å². The van der Waals surface area contributed by atoms with Crippen molar-refractivity contribution in [3.05, 3.63) is 0 Å². The third kappa shape index (κ3) is 1.96. The molecule has 10 heavy (non-hydrogen) atoms. The lowest BCUT2D eigenvalue weighted by Gasteiger charge is -2.33. The molecule has 1 saturated heterocycles. The Morgan fingerprint density at radius 3 is 2.60 bits per heavy atom. The number of nitrogens with two attached hydrogens (primary N) is 1. The Labute approximate surface area is 63.4 Å². The highest BCUT2D eigenvalue weighted by atomic mass is 15.2. The summed E-state index contributed by atoms with van der Waals surface area (Å²) in [6.07, 6.45) is 2.49. The SMILES string of the molecule is CC(C)N1CCCC(N)C1. The van der Waals surface area contributed by atoms with Crippen LogP contribution >= 0.6 is 0 Å². The third-order valence-corrected chi connectivity index (χ3v) is 2.22. The van der Waals surface area contributed by atoms with E-state index in [4.69, 9.17) is 5.73 Å². The van der Waals surface area contributed by atoms with Crippen molar-refractivity contribution in [2.75, 3.05) is 13.1 Å². The number of hydrogen-bond donors (Lipinski definition) is 1. The highest BCUT2D eigenvalue weighted by Gasteiger charge is 2.17. The zero-order valence-electron chi connectivity index (χ0n) is 7.01. The van der Waals surface area contributed by atoms with E-state index >= 15 is 0 Å². The highest BCUT2D eigenvalue weighted by molar-refractivity contribution is 4.76. The first-order valence-corrected chi connectivity index (χ1v) is 4.20. The van der Waals surface area contributed by atoms with E-state index in [1.54, 1.807) is 0 Å². The van der Waals surface area contributed by atoms with E-state index in [9.17, 15) is 0 Å². The molecule has 1 fully saturated rings. The number of likely N-dealkylation sites (tertiary alicyclic amines) is 1. The topological polar surface area (TPSA) is 29.3 Å². The van der Waals surface area contributed by atoms with Gasteiger partial charge in [0.15, 0.2) is 0 Å². The monoisotopic (exact) mass is 142 g/mol. The minimum Gasteiger partial charge on any atom is -0.327 e. The van der Waals surface area contributed by atoms with Crippen LogP contribution in [0.5, 0.6) is 0 Å². The van der Waals surface area contributed by atoms with Gasteiger partial charge in [-0.1, -0.05) is 0 Å². The highest BCUT2D eigenvalue weighted by Crippen LogP contribution is 2.10. The second kappa shape index (κ2) is 3.35. The summed E-state index contributed by atoms with van der Waals surface area (Å²) in [7, 11) is 0. The minimum absolute atomic E-state index is 0.427. The lowest BCUT2D eigenvalue weighted by Crippen LogP contribution is -2.45. The van der Waals surface area contributed by atoms with Gasteiger partial charge in [-0.25, -0.2) is 0 Å². The van der Waals surface area contributed by atoms with Gasteiger partial charge in [0, 0.05) is 18.6 Å². The van der Waals surface area contributed by atoms with Gasteiger partial charge >= 0.3 is 0 Å².